The van der Waals surface area contributed by atoms with Gasteiger partial charge in [0.1, 0.15) is 0 Å². The Morgan fingerprint density at radius 1 is 1.40 bits per heavy atom. The van der Waals surface area contributed by atoms with Gasteiger partial charge < -0.3 is 0 Å². The molecule has 3 heteroatoms. The van der Waals surface area contributed by atoms with Gasteiger partial charge in [0.25, 0.3) is 0 Å². The molecule has 1 heterocycles. The van der Waals surface area contributed by atoms with E-state index in [-0.39, 0.29) is 42.4 Å². The van der Waals surface area contributed by atoms with Crippen LogP contribution in [0.5, 0.6) is 0 Å². The van der Waals surface area contributed by atoms with Crippen LogP contribution in [0, 0.1) is 5.92 Å². The summed E-state index contributed by atoms with van der Waals surface area (Å²) < 4.78 is 0.956. The van der Waals surface area contributed by atoms with Crippen molar-refractivity contribution >= 4 is 32.5 Å². The predicted molar refractivity (Wildman–Crippen MR) is 39.2 cm³/mol. The Balaban J connectivity index is 2.70. The number of hydrogen-bond donors (Lipinski definition) is 0. The summed E-state index contributed by atoms with van der Waals surface area (Å²) in [5.74, 6) is 0.0537. The fraction of sp³-hybridized carbons (Fsp3) is 0.714. The van der Waals surface area contributed by atoms with E-state index in [4.69, 9.17) is 0 Å². The maximum atomic E-state index is 11.1. The van der Waals surface area contributed by atoms with E-state index < -0.39 is 0 Å². The second-order valence-electron chi connectivity index (χ2n) is 2.54. The zero-order chi connectivity index (χ0) is 7.72. The van der Waals surface area contributed by atoms with E-state index in [0.29, 0.717) is 0 Å². The third-order valence-electron chi connectivity index (χ3n) is 1.79. The quantitative estimate of drug-likeness (QED) is 0.471. The molecule has 0 aromatic rings. The molecule has 0 spiro atoms. The molecule has 0 N–H and O–H groups in total. The Hall–Kier alpha value is 0.130. The van der Waals surface area contributed by atoms with Gasteiger partial charge in [-0.05, 0) is 0 Å². The van der Waals surface area contributed by atoms with Crippen LogP contribution < -0.4 is 0 Å². The monoisotopic (exact) mass is 256 g/mol. The number of ketones is 2. The first kappa shape index (κ1) is 8.23. The van der Waals surface area contributed by atoms with Crippen LogP contribution in [0.2, 0.25) is 8.43 Å². The van der Waals surface area contributed by atoms with Crippen molar-refractivity contribution in [2.24, 2.45) is 5.92 Å². The van der Waals surface area contributed by atoms with Crippen molar-refractivity contribution in [3.05, 3.63) is 0 Å². The van der Waals surface area contributed by atoms with Crippen molar-refractivity contribution in [1.82, 2.24) is 0 Å². The van der Waals surface area contributed by atoms with Gasteiger partial charge in [-0.1, -0.05) is 0 Å². The molecule has 0 aliphatic carbocycles. The molecule has 56 valence electrons. The molecular weight excluding hydrogens is 244 g/mol. The molecule has 0 saturated carbocycles. The predicted octanol–water partition coefficient (Wildman–Crippen LogP) is 0.705. The SMILES string of the molecule is C[C@H]1C(=O)C[Te][C@@H](C)C1=O. The van der Waals surface area contributed by atoms with E-state index in [1.165, 1.54) is 0 Å². The van der Waals surface area contributed by atoms with Gasteiger partial charge in [-0.25, -0.2) is 0 Å². The van der Waals surface area contributed by atoms with Crippen LogP contribution in [0.4, 0.5) is 0 Å². The third kappa shape index (κ3) is 1.41. The fourth-order valence-electron chi connectivity index (χ4n) is 0.925. The Morgan fingerprint density at radius 3 is 2.50 bits per heavy atom. The van der Waals surface area contributed by atoms with E-state index >= 15 is 0 Å². The number of rotatable bonds is 0. The molecule has 2 nitrogen and oxygen atoms in total. The second-order valence-corrected chi connectivity index (χ2v) is 6.34. The number of carbonyl (C=O) groups is 2. The Morgan fingerprint density at radius 2 is 2.00 bits per heavy atom. The molecule has 1 aliphatic rings. The van der Waals surface area contributed by atoms with Crippen LogP contribution in [0.25, 0.3) is 0 Å². The summed E-state index contributed by atoms with van der Waals surface area (Å²) in [5, 5.41) is 0. The van der Waals surface area contributed by atoms with Gasteiger partial charge in [-0.2, -0.15) is 0 Å². The van der Waals surface area contributed by atoms with Gasteiger partial charge in [0.2, 0.25) is 0 Å². The van der Waals surface area contributed by atoms with Crippen molar-refractivity contribution < 1.29 is 9.59 Å². The molecule has 0 bridgehead atoms. The van der Waals surface area contributed by atoms with Crippen LogP contribution in [0.3, 0.4) is 0 Å². The summed E-state index contributed by atoms with van der Waals surface area (Å²) in [6.07, 6.45) is 0. The molecule has 0 radical (unpaired) electrons. The summed E-state index contributed by atoms with van der Waals surface area (Å²) in [4.78, 5) is 22.1. The van der Waals surface area contributed by atoms with Gasteiger partial charge in [-0.3, -0.25) is 0 Å². The second kappa shape index (κ2) is 3.02. The Bertz CT molecular complexity index is 176. The number of hydrogen-bond acceptors (Lipinski definition) is 2. The molecule has 1 fully saturated rings. The standard InChI is InChI=1S/C7H10O2Te/c1-4-6(8)3-10-5(2)7(4)9/h4-5H,3H2,1-2H3/t4-,5-/m0/s1. The Labute approximate surface area is 70.4 Å². The topological polar surface area (TPSA) is 34.1 Å². The van der Waals surface area contributed by atoms with Gasteiger partial charge >= 0.3 is 70.3 Å². The maximum absolute atomic E-state index is 11.1. The average Bonchev–Trinajstić information content (AvgIpc) is 1.93. The minimum atomic E-state index is -0.320. The van der Waals surface area contributed by atoms with E-state index in [1.807, 2.05) is 6.92 Å². The Kier molecular flexibility index (Phi) is 2.49. The van der Waals surface area contributed by atoms with Gasteiger partial charge in [0.05, 0.1) is 0 Å². The molecule has 0 amide bonds. The molecule has 0 unspecified atom stereocenters. The van der Waals surface area contributed by atoms with Crippen molar-refractivity contribution in [1.29, 1.82) is 0 Å². The van der Waals surface area contributed by atoms with Crippen molar-refractivity contribution in [2.75, 3.05) is 0 Å². The van der Waals surface area contributed by atoms with Crippen LogP contribution >= 0.6 is 0 Å². The van der Waals surface area contributed by atoms with E-state index in [2.05, 4.69) is 0 Å². The zero-order valence-electron chi connectivity index (χ0n) is 6.09. The third-order valence-corrected chi connectivity index (χ3v) is 5.16. The minimum absolute atomic E-state index is 0.172. The summed E-state index contributed by atoms with van der Waals surface area (Å²) in [5.41, 5.74) is 0. The summed E-state index contributed by atoms with van der Waals surface area (Å²) >= 11 is -0.320. The molecule has 0 aromatic heterocycles. The van der Waals surface area contributed by atoms with Gasteiger partial charge in [-0.15, -0.1) is 0 Å². The summed E-state index contributed by atoms with van der Waals surface area (Å²) in [7, 11) is 0. The average molecular weight is 254 g/mol. The molecule has 1 aliphatic heterocycles. The van der Waals surface area contributed by atoms with Crippen molar-refractivity contribution in [3.8, 4) is 0 Å². The molecule has 2 atom stereocenters. The summed E-state index contributed by atoms with van der Waals surface area (Å²) in [6, 6.07) is 0. The van der Waals surface area contributed by atoms with E-state index in [9.17, 15) is 9.59 Å². The van der Waals surface area contributed by atoms with Crippen LogP contribution in [-0.4, -0.2) is 32.5 Å². The zero-order valence-corrected chi connectivity index (χ0v) is 8.42. The first-order valence-corrected chi connectivity index (χ1v) is 6.30. The van der Waals surface area contributed by atoms with Crippen molar-refractivity contribution in [2.45, 2.75) is 22.3 Å². The molecular formula is C7H10O2Te. The fourth-order valence-corrected chi connectivity index (χ4v) is 3.87. The van der Waals surface area contributed by atoms with Gasteiger partial charge in [0.15, 0.2) is 0 Å². The van der Waals surface area contributed by atoms with Crippen molar-refractivity contribution in [3.63, 3.8) is 0 Å². The molecule has 1 rings (SSSR count). The summed E-state index contributed by atoms with van der Waals surface area (Å²) in [6.45, 7) is 3.68. The van der Waals surface area contributed by atoms with Crippen LogP contribution in [-0.2, 0) is 9.59 Å². The number of carbonyl (C=O) groups excluding carboxylic acids is 2. The first-order chi connectivity index (χ1) is 4.63. The molecule has 1 saturated heterocycles. The molecule has 10 heavy (non-hydrogen) atoms. The van der Waals surface area contributed by atoms with Crippen LogP contribution in [0.1, 0.15) is 13.8 Å². The van der Waals surface area contributed by atoms with Crippen LogP contribution in [0.15, 0.2) is 0 Å². The normalized spacial score (nSPS) is 34.6. The van der Waals surface area contributed by atoms with Gasteiger partial charge in [0, 0.05) is 0 Å². The van der Waals surface area contributed by atoms with E-state index in [0.717, 1.165) is 4.47 Å². The van der Waals surface area contributed by atoms with E-state index in [1.54, 1.807) is 6.92 Å². The first-order valence-electron chi connectivity index (χ1n) is 3.31. The molecule has 0 aromatic carbocycles. The number of Topliss-reactive ketones (excluding diaryl/α,β-unsaturated/α-hetero) is 2.